The van der Waals surface area contributed by atoms with Gasteiger partial charge in [0.2, 0.25) is 0 Å². The lowest BCUT2D eigenvalue weighted by molar-refractivity contribution is 0.104. The van der Waals surface area contributed by atoms with E-state index in [1.165, 1.54) is 11.1 Å². The molecule has 2 heterocycles. The summed E-state index contributed by atoms with van der Waals surface area (Å²) in [6, 6.07) is 23.1. The van der Waals surface area contributed by atoms with Crippen molar-refractivity contribution in [2.45, 2.75) is 63.0 Å². The minimum absolute atomic E-state index is 0.193. The second-order valence-electron chi connectivity index (χ2n) is 7.61. The Bertz CT molecular complexity index is 690. The van der Waals surface area contributed by atoms with Crippen molar-refractivity contribution in [2.75, 3.05) is 0 Å². The molecule has 2 aliphatic heterocycles. The fourth-order valence-corrected chi connectivity index (χ4v) is 4.86. The molecule has 132 valence electrons. The third-order valence-corrected chi connectivity index (χ3v) is 6.15. The Kier molecular flexibility index (Phi) is 4.63. The second-order valence-corrected chi connectivity index (χ2v) is 7.61. The van der Waals surface area contributed by atoms with Gasteiger partial charge in [-0.25, -0.2) is 0 Å². The number of benzene rings is 2. The zero-order chi connectivity index (χ0) is 17.4. The van der Waals surface area contributed by atoms with Gasteiger partial charge >= 0.3 is 0 Å². The van der Waals surface area contributed by atoms with E-state index in [1.807, 2.05) is 0 Å². The molecule has 2 aliphatic rings. The predicted molar refractivity (Wildman–Crippen MR) is 101 cm³/mol. The summed E-state index contributed by atoms with van der Waals surface area (Å²) in [6.07, 6.45) is 1.71. The van der Waals surface area contributed by atoms with Gasteiger partial charge in [-0.2, -0.15) is 0 Å². The quantitative estimate of drug-likeness (QED) is 0.874. The van der Waals surface area contributed by atoms with Crippen molar-refractivity contribution in [3.8, 4) is 0 Å². The number of hydrogen-bond donors (Lipinski definition) is 2. The molecule has 0 aliphatic carbocycles. The number of aliphatic hydroxyl groups is 1. The molecule has 2 aromatic carbocycles. The fourth-order valence-electron chi connectivity index (χ4n) is 4.86. The van der Waals surface area contributed by atoms with Gasteiger partial charge in [0.15, 0.2) is 0 Å². The molecule has 0 unspecified atom stereocenters. The zero-order valence-corrected chi connectivity index (χ0v) is 15.0. The topological polar surface area (TPSA) is 35.5 Å². The number of nitrogens with zero attached hydrogens (tertiary/aromatic N) is 1. The summed E-state index contributed by atoms with van der Waals surface area (Å²) < 4.78 is 0. The van der Waals surface area contributed by atoms with Gasteiger partial charge in [-0.15, -0.1) is 0 Å². The van der Waals surface area contributed by atoms with Gasteiger partial charge < -0.3 is 10.4 Å². The lowest BCUT2D eigenvalue weighted by atomic mass is 9.92. The highest BCUT2D eigenvalue weighted by Gasteiger charge is 2.52. The maximum Gasteiger partial charge on any atom is 0.0711 e. The van der Waals surface area contributed by atoms with E-state index in [4.69, 9.17) is 0 Å². The monoisotopic (exact) mass is 336 g/mol. The minimum atomic E-state index is -0.193. The van der Waals surface area contributed by atoms with Gasteiger partial charge in [-0.05, 0) is 37.8 Å². The van der Waals surface area contributed by atoms with Crippen LogP contribution in [0, 0.1) is 0 Å². The van der Waals surface area contributed by atoms with Crippen LogP contribution in [0.5, 0.6) is 0 Å². The highest BCUT2D eigenvalue weighted by Crippen LogP contribution is 2.44. The van der Waals surface area contributed by atoms with E-state index in [2.05, 4.69) is 84.7 Å². The second kappa shape index (κ2) is 6.91. The van der Waals surface area contributed by atoms with Crippen molar-refractivity contribution >= 4 is 0 Å². The van der Waals surface area contributed by atoms with Crippen LogP contribution < -0.4 is 5.32 Å². The van der Waals surface area contributed by atoms with E-state index >= 15 is 0 Å². The maximum absolute atomic E-state index is 10.5. The number of rotatable bonds is 5. The zero-order valence-electron chi connectivity index (χ0n) is 15.0. The third kappa shape index (κ3) is 3.12. The van der Waals surface area contributed by atoms with Crippen molar-refractivity contribution in [1.29, 1.82) is 0 Å². The van der Waals surface area contributed by atoms with Gasteiger partial charge in [0.1, 0.15) is 0 Å². The average Bonchev–Trinajstić information content (AvgIpc) is 3.16. The van der Waals surface area contributed by atoms with E-state index in [9.17, 15) is 5.11 Å². The Morgan fingerprint density at radius 3 is 2.12 bits per heavy atom. The minimum Gasteiger partial charge on any atom is -0.391 e. The summed E-state index contributed by atoms with van der Waals surface area (Å²) in [5, 5.41) is 14.3. The molecule has 0 spiro atoms. The third-order valence-electron chi connectivity index (χ3n) is 6.15. The molecule has 2 bridgehead atoms. The van der Waals surface area contributed by atoms with E-state index in [-0.39, 0.29) is 12.1 Å². The summed E-state index contributed by atoms with van der Waals surface area (Å²) in [5.41, 5.74) is 2.66. The van der Waals surface area contributed by atoms with E-state index < -0.39 is 0 Å². The van der Waals surface area contributed by atoms with E-state index in [1.54, 1.807) is 0 Å². The van der Waals surface area contributed by atoms with Crippen LogP contribution in [-0.4, -0.2) is 34.2 Å². The van der Waals surface area contributed by atoms with Gasteiger partial charge in [0.25, 0.3) is 0 Å². The first-order valence-electron chi connectivity index (χ1n) is 9.46. The van der Waals surface area contributed by atoms with Crippen molar-refractivity contribution in [3.63, 3.8) is 0 Å². The number of aliphatic hydroxyl groups excluding tert-OH is 1. The molecule has 25 heavy (non-hydrogen) atoms. The molecular weight excluding hydrogens is 308 g/mol. The Morgan fingerprint density at radius 1 is 0.880 bits per heavy atom. The Balaban J connectivity index is 1.50. The van der Waals surface area contributed by atoms with Crippen LogP contribution in [0.4, 0.5) is 0 Å². The summed E-state index contributed by atoms with van der Waals surface area (Å²) in [5.74, 6) is 0. The van der Waals surface area contributed by atoms with Gasteiger partial charge in [0, 0.05) is 30.2 Å². The SMILES string of the molecule is C[C@H](N[C@@H]1C[C@@H]2[C@@H](O)C[C@H]1N2[C@@H](C)c1ccccc1)c1ccccc1. The van der Waals surface area contributed by atoms with E-state index in [0.717, 1.165) is 12.8 Å². The Hall–Kier alpha value is -1.68. The lowest BCUT2D eigenvalue weighted by Gasteiger charge is -2.31. The first-order valence-corrected chi connectivity index (χ1v) is 9.46. The molecule has 2 aromatic rings. The average molecular weight is 336 g/mol. The van der Waals surface area contributed by atoms with Crippen molar-refractivity contribution in [3.05, 3.63) is 71.8 Å². The van der Waals surface area contributed by atoms with Crippen LogP contribution in [0.2, 0.25) is 0 Å². The summed E-state index contributed by atoms with van der Waals surface area (Å²) >= 11 is 0. The molecule has 0 radical (unpaired) electrons. The van der Waals surface area contributed by atoms with Crippen LogP contribution in [-0.2, 0) is 0 Å². The predicted octanol–water partition coefficient (Wildman–Crippen LogP) is 3.67. The number of nitrogens with one attached hydrogen (secondary N) is 1. The van der Waals surface area contributed by atoms with Crippen molar-refractivity contribution < 1.29 is 5.11 Å². The molecule has 0 amide bonds. The molecule has 2 fully saturated rings. The first kappa shape index (κ1) is 16.8. The highest BCUT2D eigenvalue weighted by molar-refractivity contribution is 5.23. The molecular formula is C22H28N2O. The summed E-state index contributed by atoms with van der Waals surface area (Å²) in [6.45, 7) is 4.51. The molecule has 2 N–H and O–H groups in total. The fraction of sp³-hybridized carbons (Fsp3) is 0.455. The first-order chi connectivity index (χ1) is 12.1. The van der Waals surface area contributed by atoms with Crippen LogP contribution in [0.25, 0.3) is 0 Å². The lowest BCUT2D eigenvalue weighted by Crippen LogP contribution is -2.43. The molecule has 0 saturated carbocycles. The summed E-state index contributed by atoms with van der Waals surface area (Å²) in [7, 11) is 0. The van der Waals surface area contributed by atoms with Crippen molar-refractivity contribution in [2.24, 2.45) is 0 Å². The normalized spacial score (nSPS) is 31.2. The van der Waals surface area contributed by atoms with Crippen LogP contribution in [0.3, 0.4) is 0 Å². The van der Waals surface area contributed by atoms with Gasteiger partial charge in [0.05, 0.1) is 6.10 Å². The highest BCUT2D eigenvalue weighted by atomic mass is 16.3. The molecule has 4 rings (SSSR count). The van der Waals surface area contributed by atoms with Crippen LogP contribution in [0.1, 0.15) is 49.9 Å². The molecule has 3 heteroatoms. The van der Waals surface area contributed by atoms with E-state index in [0.29, 0.717) is 24.2 Å². The van der Waals surface area contributed by atoms with Crippen LogP contribution >= 0.6 is 0 Å². The molecule has 6 atom stereocenters. The number of hydrogen-bond acceptors (Lipinski definition) is 3. The largest absolute Gasteiger partial charge is 0.391 e. The molecule has 0 aromatic heterocycles. The standard InChI is InChI=1S/C22H28N2O/c1-15(17-9-5-3-6-10-17)23-19-13-21-22(25)14-20(19)24(21)16(2)18-11-7-4-8-12-18/h3-12,15-16,19-23,25H,13-14H2,1-2H3/t15-,16-,19+,20+,21+,22-/m0/s1. The van der Waals surface area contributed by atoms with Gasteiger partial charge in [-0.1, -0.05) is 60.7 Å². The maximum atomic E-state index is 10.5. The molecule has 3 nitrogen and oxygen atoms in total. The number of fused-ring (bicyclic) bond motifs is 2. The van der Waals surface area contributed by atoms with Crippen molar-refractivity contribution in [1.82, 2.24) is 10.2 Å². The smallest absolute Gasteiger partial charge is 0.0711 e. The van der Waals surface area contributed by atoms with Gasteiger partial charge in [-0.3, -0.25) is 4.90 Å². The molecule has 2 saturated heterocycles. The Labute approximate surface area is 150 Å². The summed E-state index contributed by atoms with van der Waals surface area (Å²) in [4.78, 5) is 2.55. The van der Waals surface area contributed by atoms with Crippen LogP contribution in [0.15, 0.2) is 60.7 Å². The Morgan fingerprint density at radius 2 is 1.48 bits per heavy atom.